The van der Waals surface area contributed by atoms with Gasteiger partial charge in [0, 0.05) is 23.1 Å². The molecular weight excluding hydrogens is 337 g/mol. The Morgan fingerprint density at radius 1 is 1.30 bits per heavy atom. The van der Waals surface area contributed by atoms with Crippen molar-refractivity contribution in [1.82, 2.24) is 0 Å². The SMILES string of the molecule is Fc1cc(Br)c2c(c1)CC(F)(F)[C@@H]2O[C@H]1CCCCO1. The normalized spacial score (nSPS) is 28.4. The summed E-state index contributed by atoms with van der Waals surface area (Å²) in [5.74, 6) is -3.57. The zero-order chi connectivity index (χ0) is 14.3. The number of hydrogen-bond donors (Lipinski definition) is 0. The summed E-state index contributed by atoms with van der Waals surface area (Å²) in [5.41, 5.74) is 0.633. The van der Waals surface area contributed by atoms with E-state index in [4.69, 9.17) is 9.47 Å². The zero-order valence-corrected chi connectivity index (χ0v) is 12.3. The lowest BCUT2D eigenvalue weighted by Crippen LogP contribution is -2.31. The summed E-state index contributed by atoms with van der Waals surface area (Å²) in [6.45, 7) is 0.528. The van der Waals surface area contributed by atoms with Crippen LogP contribution < -0.4 is 0 Å². The van der Waals surface area contributed by atoms with E-state index in [0.717, 1.165) is 18.9 Å². The Balaban J connectivity index is 1.90. The Morgan fingerprint density at radius 2 is 2.10 bits per heavy atom. The molecule has 1 aliphatic heterocycles. The minimum Gasteiger partial charge on any atom is -0.353 e. The van der Waals surface area contributed by atoms with Crippen LogP contribution in [0, 0.1) is 5.82 Å². The molecule has 2 aliphatic rings. The van der Waals surface area contributed by atoms with E-state index in [1.54, 1.807) is 0 Å². The van der Waals surface area contributed by atoms with Crippen LogP contribution in [0.25, 0.3) is 0 Å². The largest absolute Gasteiger partial charge is 0.353 e. The highest BCUT2D eigenvalue weighted by Gasteiger charge is 2.50. The third kappa shape index (κ3) is 2.61. The molecule has 1 aliphatic carbocycles. The quantitative estimate of drug-likeness (QED) is 0.788. The fourth-order valence-corrected chi connectivity index (χ4v) is 3.45. The number of alkyl halides is 2. The minimum atomic E-state index is -3.04. The Hall–Kier alpha value is -0.590. The zero-order valence-electron chi connectivity index (χ0n) is 10.7. The van der Waals surface area contributed by atoms with Crippen LogP contribution in [0.15, 0.2) is 16.6 Å². The fourth-order valence-electron chi connectivity index (χ4n) is 2.77. The predicted octanol–water partition coefficient (Wildman–Crippen LogP) is 4.36. The van der Waals surface area contributed by atoms with E-state index in [0.29, 0.717) is 28.6 Å². The van der Waals surface area contributed by atoms with Crippen LogP contribution in [-0.4, -0.2) is 18.8 Å². The molecule has 3 rings (SSSR count). The molecule has 0 amide bonds. The maximum atomic E-state index is 14.1. The number of benzene rings is 1. The molecule has 0 aromatic heterocycles. The molecule has 0 bridgehead atoms. The summed E-state index contributed by atoms with van der Waals surface area (Å²) in [4.78, 5) is 0. The number of ether oxygens (including phenoxy) is 2. The molecule has 0 saturated carbocycles. The van der Waals surface area contributed by atoms with Gasteiger partial charge in [-0.15, -0.1) is 0 Å². The van der Waals surface area contributed by atoms with Crippen LogP contribution in [-0.2, 0) is 15.9 Å². The standard InChI is InChI=1S/C14H14BrF3O2/c15-10-6-9(16)5-8-7-14(17,18)13(12(8)10)20-11-3-1-2-4-19-11/h5-6,11,13H,1-4,7H2/t11-,13+/m0/s1. The molecule has 6 heteroatoms. The summed E-state index contributed by atoms with van der Waals surface area (Å²) < 4.78 is 52.8. The van der Waals surface area contributed by atoms with Gasteiger partial charge < -0.3 is 9.47 Å². The first-order valence-corrected chi connectivity index (χ1v) is 7.39. The van der Waals surface area contributed by atoms with Crippen LogP contribution in [0.3, 0.4) is 0 Å². The van der Waals surface area contributed by atoms with Gasteiger partial charge in [0.05, 0.1) is 0 Å². The molecule has 2 atom stereocenters. The van der Waals surface area contributed by atoms with Gasteiger partial charge in [0.2, 0.25) is 0 Å². The lowest BCUT2D eigenvalue weighted by molar-refractivity contribution is -0.236. The second kappa shape index (κ2) is 5.31. The second-order valence-electron chi connectivity index (χ2n) is 5.21. The van der Waals surface area contributed by atoms with E-state index in [2.05, 4.69) is 15.9 Å². The molecule has 20 heavy (non-hydrogen) atoms. The van der Waals surface area contributed by atoms with Crippen LogP contribution in [0.5, 0.6) is 0 Å². The maximum Gasteiger partial charge on any atom is 0.282 e. The number of hydrogen-bond acceptors (Lipinski definition) is 2. The van der Waals surface area contributed by atoms with Gasteiger partial charge in [0.25, 0.3) is 5.92 Å². The van der Waals surface area contributed by atoms with Crippen molar-refractivity contribution in [2.24, 2.45) is 0 Å². The molecule has 1 heterocycles. The fraction of sp³-hybridized carbons (Fsp3) is 0.571. The second-order valence-corrected chi connectivity index (χ2v) is 6.06. The van der Waals surface area contributed by atoms with Gasteiger partial charge in [-0.2, -0.15) is 0 Å². The van der Waals surface area contributed by atoms with Gasteiger partial charge >= 0.3 is 0 Å². The van der Waals surface area contributed by atoms with Crippen LogP contribution in [0.1, 0.15) is 36.5 Å². The van der Waals surface area contributed by atoms with Gasteiger partial charge in [-0.1, -0.05) is 15.9 Å². The topological polar surface area (TPSA) is 18.5 Å². The molecular formula is C14H14BrF3O2. The Bertz CT molecular complexity index is 515. The van der Waals surface area contributed by atoms with E-state index in [-0.39, 0.29) is 0 Å². The molecule has 0 radical (unpaired) electrons. The van der Waals surface area contributed by atoms with Gasteiger partial charge in [0.15, 0.2) is 12.4 Å². The number of rotatable bonds is 2. The monoisotopic (exact) mass is 350 g/mol. The van der Waals surface area contributed by atoms with Crippen LogP contribution >= 0.6 is 15.9 Å². The average molecular weight is 351 g/mol. The first kappa shape index (κ1) is 14.4. The van der Waals surface area contributed by atoms with Crippen molar-refractivity contribution in [1.29, 1.82) is 0 Å². The number of fused-ring (bicyclic) bond motifs is 1. The Morgan fingerprint density at radius 3 is 2.80 bits per heavy atom. The predicted molar refractivity (Wildman–Crippen MR) is 70.2 cm³/mol. The van der Waals surface area contributed by atoms with Gasteiger partial charge in [-0.25, -0.2) is 13.2 Å². The Kier molecular flexibility index (Phi) is 3.81. The van der Waals surface area contributed by atoms with Crippen LogP contribution in [0.2, 0.25) is 0 Å². The smallest absolute Gasteiger partial charge is 0.282 e. The van der Waals surface area contributed by atoms with E-state index >= 15 is 0 Å². The van der Waals surface area contributed by atoms with Crippen LogP contribution in [0.4, 0.5) is 13.2 Å². The first-order valence-electron chi connectivity index (χ1n) is 6.60. The van der Waals surface area contributed by atoms with E-state index < -0.39 is 30.6 Å². The van der Waals surface area contributed by atoms with Crippen molar-refractivity contribution in [3.63, 3.8) is 0 Å². The highest BCUT2D eigenvalue weighted by molar-refractivity contribution is 9.10. The first-order chi connectivity index (χ1) is 9.47. The summed E-state index contributed by atoms with van der Waals surface area (Å²) in [6, 6.07) is 2.34. The van der Waals surface area contributed by atoms with E-state index in [1.165, 1.54) is 6.07 Å². The number of halogens is 4. The van der Waals surface area contributed by atoms with Crippen molar-refractivity contribution in [2.45, 2.75) is 44.0 Å². The summed E-state index contributed by atoms with van der Waals surface area (Å²) in [7, 11) is 0. The molecule has 1 saturated heterocycles. The summed E-state index contributed by atoms with van der Waals surface area (Å²) in [6.07, 6.45) is -0.0537. The highest BCUT2D eigenvalue weighted by atomic mass is 79.9. The molecule has 2 nitrogen and oxygen atoms in total. The van der Waals surface area contributed by atoms with Gasteiger partial charge in [-0.3, -0.25) is 0 Å². The molecule has 0 spiro atoms. The van der Waals surface area contributed by atoms with Crippen molar-refractivity contribution < 1.29 is 22.6 Å². The minimum absolute atomic E-state index is 0.294. The van der Waals surface area contributed by atoms with Crippen molar-refractivity contribution in [2.75, 3.05) is 6.61 Å². The third-order valence-electron chi connectivity index (χ3n) is 3.68. The van der Waals surface area contributed by atoms with E-state index in [9.17, 15) is 13.2 Å². The summed E-state index contributed by atoms with van der Waals surface area (Å²) in [5, 5.41) is 0. The Labute approximate surface area is 123 Å². The molecule has 0 N–H and O–H groups in total. The average Bonchev–Trinajstić information content (AvgIpc) is 2.61. The van der Waals surface area contributed by atoms with Gasteiger partial charge in [-0.05, 0) is 37.0 Å². The van der Waals surface area contributed by atoms with Crippen molar-refractivity contribution in [3.05, 3.63) is 33.5 Å². The molecule has 1 fully saturated rings. The van der Waals surface area contributed by atoms with Gasteiger partial charge in [0.1, 0.15) is 5.82 Å². The van der Waals surface area contributed by atoms with E-state index in [1.807, 2.05) is 0 Å². The lowest BCUT2D eigenvalue weighted by Gasteiger charge is -2.29. The highest BCUT2D eigenvalue weighted by Crippen LogP contribution is 2.49. The maximum absolute atomic E-state index is 14.1. The lowest BCUT2D eigenvalue weighted by atomic mass is 10.1. The molecule has 1 aromatic rings. The molecule has 110 valence electrons. The third-order valence-corrected chi connectivity index (χ3v) is 4.33. The van der Waals surface area contributed by atoms with Crippen molar-refractivity contribution in [3.8, 4) is 0 Å². The van der Waals surface area contributed by atoms with Crippen molar-refractivity contribution >= 4 is 15.9 Å². The summed E-state index contributed by atoms with van der Waals surface area (Å²) >= 11 is 3.16. The molecule has 1 aromatic carbocycles. The molecule has 0 unspecified atom stereocenters.